The van der Waals surface area contributed by atoms with E-state index < -0.39 is 18.1 Å². The van der Waals surface area contributed by atoms with E-state index in [1.54, 1.807) is 17.2 Å². The van der Waals surface area contributed by atoms with Gasteiger partial charge in [0.05, 0.1) is 30.7 Å². The highest BCUT2D eigenvalue weighted by Crippen LogP contribution is 2.18. The number of ketones is 1. The van der Waals surface area contributed by atoms with Crippen molar-refractivity contribution in [2.45, 2.75) is 51.4 Å². The van der Waals surface area contributed by atoms with E-state index in [4.69, 9.17) is 0 Å². The molecule has 2 atom stereocenters. The molecule has 2 aromatic carbocycles. The third kappa shape index (κ3) is 9.10. The van der Waals surface area contributed by atoms with E-state index in [1.165, 1.54) is 11.8 Å². The van der Waals surface area contributed by atoms with Crippen LogP contribution in [0.5, 0.6) is 0 Å². The van der Waals surface area contributed by atoms with E-state index in [0.717, 1.165) is 22.4 Å². The third-order valence-electron chi connectivity index (χ3n) is 6.24. The SMILES string of the molecule is C=C(N[C@@H](CC(=O)O)C(=O)CSCc1ccccc1)[C@@H](NC(=O)Cc1cc(-n2cnnc2)ccc1C)C(C)C. The molecule has 9 nitrogen and oxygen atoms in total. The number of carbonyl (C=O) groups is 3. The van der Waals surface area contributed by atoms with Gasteiger partial charge in [0.2, 0.25) is 5.91 Å². The second kappa shape index (κ2) is 14.3. The van der Waals surface area contributed by atoms with E-state index in [-0.39, 0.29) is 36.2 Å². The lowest BCUT2D eigenvalue weighted by Gasteiger charge is -2.28. The Bertz CT molecular complexity index is 1280. The van der Waals surface area contributed by atoms with Gasteiger partial charge in [0, 0.05) is 17.1 Å². The number of aliphatic carboxylic acids is 1. The zero-order valence-electron chi connectivity index (χ0n) is 22.5. The van der Waals surface area contributed by atoms with Gasteiger partial charge in [-0.05, 0) is 41.7 Å². The lowest BCUT2D eigenvalue weighted by atomic mass is 9.98. The maximum absolute atomic E-state index is 13.1. The summed E-state index contributed by atoms with van der Waals surface area (Å²) in [5, 5.41) is 23.1. The number of benzene rings is 2. The number of carboxylic acids is 1. The van der Waals surface area contributed by atoms with Gasteiger partial charge in [0.1, 0.15) is 12.7 Å². The minimum absolute atomic E-state index is 0.0496. The molecule has 0 unspecified atom stereocenters. The summed E-state index contributed by atoms with van der Waals surface area (Å²) in [6.07, 6.45) is 2.95. The Kier molecular flexibility index (Phi) is 10.9. The molecular weight excluding hydrogens is 514 g/mol. The highest BCUT2D eigenvalue weighted by Gasteiger charge is 2.26. The van der Waals surface area contributed by atoms with Crippen LogP contribution in [-0.2, 0) is 26.6 Å². The van der Waals surface area contributed by atoms with E-state index in [2.05, 4.69) is 27.4 Å². The largest absolute Gasteiger partial charge is 0.481 e. The van der Waals surface area contributed by atoms with Crippen molar-refractivity contribution in [3.05, 3.63) is 90.2 Å². The highest BCUT2D eigenvalue weighted by atomic mass is 32.2. The Balaban J connectivity index is 1.63. The average Bonchev–Trinajstić information content (AvgIpc) is 3.43. The van der Waals surface area contributed by atoms with Gasteiger partial charge in [-0.3, -0.25) is 19.0 Å². The first-order chi connectivity index (χ1) is 18.6. The number of aromatic nitrogens is 3. The fourth-order valence-electron chi connectivity index (χ4n) is 4.07. The second-order valence-corrected chi connectivity index (χ2v) is 10.7. The number of nitrogens with zero attached hydrogens (tertiary/aromatic N) is 3. The molecule has 0 bridgehead atoms. The van der Waals surface area contributed by atoms with Crippen LogP contribution in [0, 0.1) is 12.8 Å². The van der Waals surface area contributed by atoms with Gasteiger partial charge in [0.15, 0.2) is 5.78 Å². The van der Waals surface area contributed by atoms with Crippen molar-refractivity contribution in [3.63, 3.8) is 0 Å². The van der Waals surface area contributed by atoms with Gasteiger partial charge in [-0.15, -0.1) is 22.0 Å². The summed E-state index contributed by atoms with van der Waals surface area (Å²) in [6, 6.07) is 14.1. The molecule has 0 spiro atoms. The molecule has 206 valence electrons. The number of aryl methyl sites for hydroxylation is 1. The van der Waals surface area contributed by atoms with Crippen molar-refractivity contribution in [3.8, 4) is 5.69 Å². The van der Waals surface area contributed by atoms with Crippen LogP contribution in [0.2, 0.25) is 0 Å². The molecule has 1 heterocycles. The van der Waals surface area contributed by atoms with Crippen LogP contribution < -0.4 is 10.6 Å². The van der Waals surface area contributed by atoms with Crippen molar-refractivity contribution < 1.29 is 19.5 Å². The Morgan fingerprint density at radius 2 is 1.74 bits per heavy atom. The number of thioether (sulfide) groups is 1. The average molecular weight is 550 g/mol. The van der Waals surface area contributed by atoms with Crippen molar-refractivity contribution in [2.75, 3.05) is 5.75 Å². The summed E-state index contributed by atoms with van der Waals surface area (Å²) in [6.45, 7) is 9.87. The standard InChI is InChI=1S/C29H35N5O4S/c1-19(2)29(33-27(36)13-23-12-24(11-10-20(23)3)34-17-30-31-18-34)21(4)32-25(14-28(37)38)26(35)16-39-15-22-8-6-5-7-9-22/h5-12,17-19,25,29,32H,4,13-16H2,1-3H3,(H,33,36)(H,37,38)/t25-,29-/m0/s1. The fourth-order valence-corrected chi connectivity index (χ4v) is 5.01. The molecule has 39 heavy (non-hydrogen) atoms. The van der Waals surface area contributed by atoms with Crippen LogP contribution in [0.4, 0.5) is 0 Å². The predicted molar refractivity (Wildman–Crippen MR) is 152 cm³/mol. The quantitative estimate of drug-likeness (QED) is 0.262. The Labute approximate surface area is 233 Å². The van der Waals surface area contributed by atoms with Crippen LogP contribution in [0.25, 0.3) is 5.69 Å². The molecule has 1 amide bonds. The van der Waals surface area contributed by atoms with E-state index in [0.29, 0.717) is 11.4 Å². The van der Waals surface area contributed by atoms with E-state index in [1.807, 2.05) is 69.3 Å². The van der Waals surface area contributed by atoms with E-state index in [9.17, 15) is 19.5 Å². The molecule has 3 rings (SSSR count). The van der Waals surface area contributed by atoms with Crippen molar-refractivity contribution in [2.24, 2.45) is 5.92 Å². The number of hydrogen-bond acceptors (Lipinski definition) is 7. The normalized spacial score (nSPS) is 12.5. The first-order valence-electron chi connectivity index (χ1n) is 12.7. The molecule has 3 aromatic rings. The van der Waals surface area contributed by atoms with Crippen molar-refractivity contribution >= 4 is 29.4 Å². The molecule has 10 heteroatoms. The minimum atomic E-state index is -1.09. The van der Waals surface area contributed by atoms with Gasteiger partial charge < -0.3 is 15.7 Å². The van der Waals surface area contributed by atoms with Gasteiger partial charge in [-0.25, -0.2) is 0 Å². The Morgan fingerprint density at radius 3 is 2.38 bits per heavy atom. The Morgan fingerprint density at radius 1 is 1.05 bits per heavy atom. The number of amides is 1. The third-order valence-corrected chi connectivity index (χ3v) is 7.27. The molecular formula is C29H35N5O4S. The van der Waals surface area contributed by atoms with Crippen LogP contribution in [0.15, 0.2) is 73.5 Å². The molecule has 0 radical (unpaired) electrons. The maximum atomic E-state index is 13.1. The lowest BCUT2D eigenvalue weighted by Crippen LogP contribution is -2.48. The summed E-state index contributed by atoms with van der Waals surface area (Å²) in [5.41, 5.74) is 4.17. The second-order valence-electron chi connectivity index (χ2n) is 9.71. The van der Waals surface area contributed by atoms with Crippen molar-refractivity contribution in [1.82, 2.24) is 25.4 Å². The van der Waals surface area contributed by atoms with Crippen molar-refractivity contribution in [1.29, 1.82) is 0 Å². The van der Waals surface area contributed by atoms with Gasteiger partial charge in [-0.2, -0.15) is 0 Å². The predicted octanol–water partition coefficient (Wildman–Crippen LogP) is 3.71. The highest BCUT2D eigenvalue weighted by molar-refractivity contribution is 7.99. The number of Topliss-reactive ketones (excluding diaryl/α,β-unsaturated/α-hetero) is 1. The summed E-state index contributed by atoms with van der Waals surface area (Å²) in [7, 11) is 0. The number of nitrogens with one attached hydrogen (secondary N) is 2. The van der Waals surface area contributed by atoms with Gasteiger partial charge in [0.25, 0.3) is 0 Å². The monoisotopic (exact) mass is 549 g/mol. The maximum Gasteiger partial charge on any atom is 0.305 e. The number of carboxylic acid groups (broad SMARTS) is 1. The molecule has 0 saturated carbocycles. The molecule has 0 aliphatic rings. The van der Waals surface area contributed by atoms with Gasteiger partial charge in [-0.1, -0.05) is 56.8 Å². The van der Waals surface area contributed by atoms with Crippen LogP contribution in [0.1, 0.15) is 37.0 Å². The van der Waals surface area contributed by atoms with E-state index >= 15 is 0 Å². The first kappa shape index (κ1) is 29.6. The lowest BCUT2D eigenvalue weighted by molar-refractivity contribution is -0.139. The van der Waals surface area contributed by atoms with Crippen LogP contribution >= 0.6 is 11.8 Å². The number of carbonyl (C=O) groups excluding carboxylic acids is 2. The molecule has 0 aliphatic carbocycles. The summed E-state index contributed by atoms with van der Waals surface area (Å²) >= 11 is 1.43. The zero-order valence-corrected chi connectivity index (χ0v) is 23.3. The van der Waals surface area contributed by atoms with Gasteiger partial charge >= 0.3 is 5.97 Å². The molecule has 0 fully saturated rings. The molecule has 1 aromatic heterocycles. The molecule has 0 aliphatic heterocycles. The topological polar surface area (TPSA) is 126 Å². The summed E-state index contributed by atoms with van der Waals surface area (Å²) in [4.78, 5) is 37.5. The fraction of sp³-hybridized carbons (Fsp3) is 0.345. The molecule has 0 saturated heterocycles. The number of rotatable bonds is 15. The minimum Gasteiger partial charge on any atom is -0.481 e. The summed E-state index contributed by atoms with van der Waals surface area (Å²) in [5.74, 6) is -0.763. The van der Waals surface area contributed by atoms with Crippen LogP contribution in [-0.4, -0.2) is 55.4 Å². The summed E-state index contributed by atoms with van der Waals surface area (Å²) < 4.78 is 1.77. The zero-order chi connectivity index (χ0) is 28.4. The Hall–Kier alpha value is -3.92. The molecule has 3 N–H and O–H groups in total. The smallest absolute Gasteiger partial charge is 0.305 e. The first-order valence-corrected chi connectivity index (χ1v) is 13.8. The number of hydrogen-bond donors (Lipinski definition) is 3. The van der Waals surface area contributed by atoms with Crippen LogP contribution in [0.3, 0.4) is 0 Å².